The van der Waals surface area contributed by atoms with Gasteiger partial charge in [0.25, 0.3) is 5.91 Å². The molecule has 35 heavy (non-hydrogen) atoms. The number of fused-ring (bicyclic) bond motifs is 1. The summed E-state index contributed by atoms with van der Waals surface area (Å²) in [6.45, 7) is 0.977. The molecule has 0 bridgehead atoms. The van der Waals surface area contributed by atoms with Crippen LogP contribution in [0.15, 0.2) is 96.7 Å². The number of thioether (sulfide) groups is 1. The van der Waals surface area contributed by atoms with Crippen LogP contribution in [-0.2, 0) is 18.8 Å². The van der Waals surface area contributed by atoms with Crippen molar-refractivity contribution in [2.24, 2.45) is 0 Å². The number of halogens is 1. The Kier molecular flexibility index (Phi) is 6.81. The molecule has 174 valence electrons. The fourth-order valence-corrected chi connectivity index (χ4v) is 4.70. The first-order valence-corrected chi connectivity index (χ1v) is 12.1. The third-order valence-electron chi connectivity index (χ3n) is 5.56. The van der Waals surface area contributed by atoms with E-state index in [0.717, 1.165) is 27.3 Å². The van der Waals surface area contributed by atoms with Crippen molar-refractivity contribution in [3.63, 3.8) is 0 Å². The van der Waals surface area contributed by atoms with Gasteiger partial charge in [-0.25, -0.2) is 9.37 Å². The maximum Gasteiger partial charge on any atom is 0.251 e. The van der Waals surface area contributed by atoms with Crippen molar-refractivity contribution < 1.29 is 9.18 Å². The average molecular weight is 484 g/mol. The molecule has 0 aliphatic heterocycles. The summed E-state index contributed by atoms with van der Waals surface area (Å²) in [5, 5.41) is 3.70. The smallest absolute Gasteiger partial charge is 0.251 e. The molecular formula is C27H22FN5OS. The van der Waals surface area contributed by atoms with Crippen molar-refractivity contribution in [2.45, 2.75) is 24.0 Å². The number of imidazole rings is 1. The van der Waals surface area contributed by atoms with Crippen molar-refractivity contribution >= 4 is 28.7 Å². The first kappa shape index (κ1) is 22.7. The highest BCUT2D eigenvalue weighted by Gasteiger charge is 2.14. The number of carbonyl (C=O) groups excluding carboxylic acids is 1. The van der Waals surface area contributed by atoms with E-state index in [1.165, 1.54) is 17.8 Å². The number of rotatable bonds is 8. The van der Waals surface area contributed by atoms with Gasteiger partial charge >= 0.3 is 0 Å². The van der Waals surface area contributed by atoms with Crippen LogP contribution in [-0.4, -0.2) is 25.4 Å². The van der Waals surface area contributed by atoms with Crippen LogP contribution >= 0.6 is 11.8 Å². The molecule has 0 aliphatic rings. The quantitative estimate of drug-likeness (QED) is 0.306. The Labute approximate surface area is 206 Å². The monoisotopic (exact) mass is 483 g/mol. The number of pyridine rings is 2. The normalized spacial score (nSPS) is 11.0. The van der Waals surface area contributed by atoms with Crippen LogP contribution in [0.3, 0.4) is 0 Å². The molecule has 1 N–H and O–H groups in total. The number of amides is 1. The fraction of sp³-hybridized carbons (Fsp3) is 0.111. The van der Waals surface area contributed by atoms with E-state index < -0.39 is 0 Å². The van der Waals surface area contributed by atoms with Crippen LogP contribution in [0.1, 0.15) is 27.0 Å². The Hall–Kier alpha value is -4.04. The Morgan fingerprint density at radius 1 is 0.914 bits per heavy atom. The Morgan fingerprint density at radius 2 is 1.74 bits per heavy atom. The third kappa shape index (κ3) is 5.38. The lowest BCUT2D eigenvalue weighted by Crippen LogP contribution is -2.22. The highest BCUT2D eigenvalue weighted by atomic mass is 32.2. The molecule has 0 spiro atoms. The Bertz CT molecular complexity index is 1450. The minimum atomic E-state index is -0.221. The van der Waals surface area contributed by atoms with Gasteiger partial charge in [-0.3, -0.25) is 14.8 Å². The highest BCUT2D eigenvalue weighted by Crippen LogP contribution is 2.28. The van der Waals surface area contributed by atoms with Crippen LogP contribution < -0.4 is 5.32 Å². The van der Waals surface area contributed by atoms with Crippen molar-refractivity contribution in [3.05, 3.63) is 120 Å². The van der Waals surface area contributed by atoms with E-state index >= 15 is 0 Å². The number of aromatic nitrogens is 4. The van der Waals surface area contributed by atoms with Crippen LogP contribution in [0.4, 0.5) is 4.39 Å². The zero-order chi connectivity index (χ0) is 24.0. The van der Waals surface area contributed by atoms with E-state index in [2.05, 4.69) is 19.9 Å². The molecule has 0 aliphatic carbocycles. The number of nitrogens with zero attached hydrogens (tertiary/aromatic N) is 4. The lowest BCUT2D eigenvalue weighted by atomic mass is 10.1. The summed E-state index contributed by atoms with van der Waals surface area (Å²) in [5.41, 5.74) is 4.92. The summed E-state index contributed by atoms with van der Waals surface area (Å²) in [6, 6.07) is 19.9. The zero-order valence-corrected chi connectivity index (χ0v) is 19.6. The summed E-state index contributed by atoms with van der Waals surface area (Å²) in [4.78, 5) is 25.6. The summed E-state index contributed by atoms with van der Waals surface area (Å²) in [5.74, 6) is 0.111. The van der Waals surface area contributed by atoms with Gasteiger partial charge in [0, 0.05) is 36.5 Å². The molecule has 2 aromatic carbocycles. The van der Waals surface area contributed by atoms with Crippen molar-refractivity contribution in [2.75, 3.05) is 0 Å². The van der Waals surface area contributed by atoms with Gasteiger partial charge in [-0.2, -0.15) is 0 Å². The van der Waals surface area contributed by atoms with Crippen LogP contribution in [0, 0.1) is 5.82 Å². The number of nitrogens with one attached hydrogen (secondary N) is 1. The number of carbonyl (C=O) groups is 1. The molecular weight excluding hydrogens is 461 g/mol. The number of benzene rings is 2. The van der Waals surface area contributed by atoms with E-state index in [-0.39, 0.29) is 11.7 Å². The van der Waals surface area contributed by atoms with Gasteiger partial charge in [-0.05, 0) is 47.0 Å². The van der Waals surface area contributed by atoms with Crippen molar-refractivity contribution in [1.82, 2.24) is 24.8 Å². The van der Waals surface area contributed by atoms with Gasteiger partial charge in [-0.15, -0.1) is 0 Å². The number of hydrogen-bond acceptors (Lipinski definition) is 5. The van der Waals surface area contributed by atoms with Gasteiger partial charge in [0.15, 0.2) is 5.16 Å². The second-order valence-corrected chi connectivity index (χ2v) is 8.91. The molecule has 0 saturated carbocycles. The highest BCUT2D eigenvalue weighted by molar-refractivity contribution is 7.98. The van der Waals surface area contributed by atoms with E-state index in [9.17, 15) is 9.18 Å². The molecule has 0 saturated heterocycles. The summed E-state index contributed by atoms with van der Waals surface area (Å²) in [6.07, 6.45) is 6.93. The topological polar surface area (TPSA) is 72.7 Å². The first-order chi connectivity index (χ1) is 17.2. The second kappa shape index (κ2) is 10.5. The van der Waals surface area contributed by atoms with E-state index in [0.29, 0.717) is 30.0 Å². The first-order valence-electron chi connectivity index (χ1n) is 11.1. The zero-order valence-electron chi connectivity index (χ0n) is 18.8. The van der Waals surface area contributed by atoms with Gasteiger partial charge in [-0.1, -0.05) is 48.2 Å². The molecule has 8 heteroatoms. The van der Waals surface area contributed by atoms with Crippen LogP contribution in [0.5, 0.6) is 0 Å². The maximum atomic E-state index is 14.1. The minimum Gasteiger partial charge on any atom is -0.348 e. The molecule has 1 amide bonds. The predicted molar refractivity (Wildman–Crippen MR) is 134 cm³/mol. The minimum absolute atomic E-state index is 0.140. The molecule has 5 aromatic rings. The standard InChI is InChI=1S/C27H22FN5OS/c28-23-6-2-1-5-22(23)18-35-27-32-24-11-13-30-16-25(24)33(27)17-19-7-9-21(10-8-19)26(34)31-15-20-4-3-12-29-14-20/h1-14,16H,15,17-18H2,(H,31,34). The van der Waals surface area contributed by atoms with Gasteiger partial charge in [0.2, 0.25) is 0 Å². The Balaban J connectivity index is 1.32. The SMILES string of the molecule is O=C(NCc1cccnc1)c1ccc(Cn2c(SCc3ccccc3F)nc3ccncc32)cc1. The number of hydrogen-bond donors (Lipinski definition) is 1. The summed E-state index contributed by atoms with van der Waals surface area (Å²) < 4.78 is 16.2. The molecule has 3 aromatic heterocycles. The van der Waals surface area contributed by atoms with Gasteiger partial charge in [0.05, 0.1) is 23.8 Å². The Morgan fingerprint density at radius 3 is 2.54 bits per heavy atom. The largest absolute Gasteiger partial charge is 0.348 e. The second-order valence-electron chi connectivity index (χ2n) is 7.97. The van der Waals surface area contributed by atoms with Crippen molar-refractivity contribution in [3.8, 4) is 0 Å². The molecule has 0 unspecified atom stereocenters. The molecule has 5 rings (SSSR count). The van der Waals surface area contributed by atoms with Crippen molar-refractivity contribution in [1.29, 1.82) is 0 Å². The molecule has 0 radical (unpaired) electrons. The fourth-order valence-electron chi connectivity index (χ4n) is 3.70. The molecule has 0 fully saturated rings. The van der Waals surface area contributed by atoms with E-state index in [1.807, 2.05) is 48.5 Å². The lowest BCUT2D eigenvalue weighted by Gasteiger charge is -2.10. The van der Waals surface area contributed by atoms with Gasteiger partial charge in [0.1, 0.15) is 5.82 Å². The maximum absolute atomic E-state index is 14.1. The molecule has 3 heterocycles. The third-order valence-corrected chi connectivity index (χ3v) is 6.59. The van der Waals surface area contributed by atoms with Gasteiger partial charge < -0.3 is 9.88 Å². The average Bonchev–Trinajstić information content (AvgIpc) is 3.25. The summed E-state index contributed by atoms with van der Waals surface area (Å²) >= 11 is 1.49. The van der Waals surface area contributed by atoms with Crippen LogP contribution in [0.2, 0.25) is 0 Å². The molecule has 0 atom stereocenters. The van der Waals surface area contributed by atoms with Crippen LogP contribution in [0.25, 0.3) is 11.0 Å². The van der Waals surface area contributed by atoms with E-state index in [4.69, 9.17) is 4.98 Å². The lowest BCUT2D eigenvalue weighted by molar-refractivity contribution is 0.0951. The molecule has 6 nitrogen and oxygen atoms in total. The summed E-state index contributed by atoms with van der Waals surface area (Å²) in [7, 11) is 0. The van der Waals surface area contributed by atoms with E-state index in [1.54, 1.807) is 36.9 Å². The predicted octanol–water partition coefficient (Wildman–Crippen LogP) is 5.24.